The van der Waals surface area contributed by atoms with Crippen LogP contribution < -0.4 is 4.74 Å². The molecule has 4 bridgehead atoms. The number of aromatic nitrogens is 2. The summed E-state index contributed by atoms with van der Waals surface area (Å²) in [6, 6.07) is 0.405. The highest BCUT2D eigenvalue weighted by Crippen LogP contribution is 2.58. The number of aromatic amines is 1. The molecule has 7 heteroatoms. The minimum Gasteiger partial charge on any atom is -0.492 e. The molecule has 0 amide bonds. The van der Waals surface area contributed by atoms with Gasteiger partial charge in [-0.05, 0) is 54.9 Å². The molecule has 2 saturated heterocycles. The molecule has 3 atom stereocenters. The number of aliphatic hydroxyl groups is 2. The van der Waals surface area contributed by atoms with Gasteiger partial charge in [-0.2, -0.15) is 0 Å². The third kappa shape index (κ3) is 2.97. The van der Waals surface area contributed by atoms with Gasteiger partial charge in [-0.25, -0.2) is 9.37 Å². The van der Waals surface area contributed by atoms with Crippen LogP contribution >= 0.6 is 0 Å². The van der Waals surface area contributed by atoms with Crippen LogP contribution in [0.25, 0.3) is 11.0 Å². The van der Waals surface area contributed by atoms with Crippen LogP contribution in [-0.2, 0) is 5.41 Å². The minimum atomic E-state index is -0.645. The van der Waals surface area contributed by atoms with Crippen LogP contribution in [0.15, 0.2) is 12.4 Å². The van der Waals surface area contributed by atoms with Crippen molar-refractivity contribution in [3.8, 4) is 5.75 Å². The smallest absolute Gasteiger partial charge is 0.177 e. The van der Waals surface area contributed by atoms with E-state index in [0.717, 1.165) is 37.7 Å². The Balaban J connectivity index is 1.43. The first-order valence-electron chi connectivity index (χ1n) is 10.9. The second kappa shape index (κ2) is 6.40. The van der Waals surface area contributed by atoms with Crippen molar-refractivity contribution < 1.29 is 19.3 Å². The third-order valence-corrected chi connectivity index (χ3v) is 7.88. The van der Waals surface area contributed by atoms with Crippen molar-refractivity contribution in [3.05, 3.63) is 23.8 Å². The molecule has 2 aromatic rings. The van der Waals surface area contributed by atoms with E-state index in [2.05, 4.69) is 21.8 Å². The number of H-pyrrole nitrogens is 1. The number of pyridine rings is 1. The maximum absolute atomic E-state index is 15.0. The standard InChI is InChI=1S/C23H32FN3O3/c1-21(2,15-10-25-20-18(15)19(24)16(30-4)11-26-20)9-17(28)27-13-5-22(3)6-14(27)8-23(29,7-13)12-22/h10-11,13-14,17,28-29H,5-9,12H2,1-4H3,(H,25,26). The topological polar surface area (TPSA) is 81.6 Å². The maximum Gasteiger partial charge on any atom is 0.177 e. The van der Waals surface area contributed by atoms with Crippen LogP contribution in [0.1, 0.15) is 64.9 Å². The van der Waals surface area contributed by atoms with Crippen molar-refractivity contribution >= 4 is 11.0 Å². The molecule has 0 radical (unpaired) electrons. The van der Waals surface area contributed by atoms with Crippen molar-refractivity contribution in [3.63, 3.8) is 0 Å². The summed E-state index contributed by atoms with van der Waals surface area (Å²) < 4.78 is 20.1. The van der Waals surface area contributed by atoms with E-state index in [9.17, 15) is 10.2 Å². The lowest BCUT2D eigenvalue weighted by Gasteiger charge is -2.64. The zero-order valence-corrected chi connectivity index (χ0v) is 18.2. The summed E-state index contributed by atoms with van der Waals surface area (Å²) in [5, 5.41) is 22.7. The lowest BCUT2D eigenvalue weighted by Crippen LogP contribution is -2.69. The Bertz CT molecular complexity index is 951. The highest BCUT2D eigenvalue weighted by Gasteiger charge is 2.59. The van der Waals surface area contributed by atoms with Crippen molar-refractivity contribution in [1.29, 1.82) is 0 Å². The van der Waals surface area contributed by atoms with Crippen molar-refractivity contribution in [1.82, 2.24) is 14.9 Å². The van der Waals surface area contributed by atoms with Gasteiger partial charge in [0.05, 0.1) is 24.3 Å². The van der Waals surface area contributed by atoms with Gasteiger partial charge in [0, 0.05) is 18.3 Å². The van der Waals surface area contributed by atoms with E-state index >= 15 is 4.39 Å². The van der Waals surface area contributed by atoms with E-state index in [0.29, 0.717) is 17.5 Å². The quantitative estimate of drug-likeness (QED) is 0.694. The van der Waals surface area contributed by atoms with E-state index in [4.69, 9.17) is 4.74 Å². The fourth-order valence-electron chi connectivity index (χ4n) is 7.00. The monoisotopic (exact) mass is 417 g/mol. The lowest BCUT2D eigenvalue weighted by molar-refractivity contribution is -0.223. The Labute approximate surface area is 176 Å². The van der Waals surface area contributed by atoms with Crippen molar-refractivity contribution in [2.45, 2.75) is 88.6 Å². The fraction of sp³-hybridized carbons (Fsp3) is 0.696. The molecule has 6 nitrogen and oxygen atoms in total. The van der Waals surface area contributed by atoms with Crippen LogP contribution in [0, 0.1) is 11.2 Å². The highest BCUT2D eigenvalue weighted by atomic mass is 19.1. The number of ether oxygens (including phenoxy) is 1. The Kier molecular flexibility index (Phi) is 4.32. The number of halogens is 1. The molecule has 3 unspecified atom stereocenters. The summed E-state index contributed by atoms with van der Waals surface area (Å²) in [4.78, 5) is 9.57. The van der Waals surface area contributed by atoms with Crippen LogP contribution in [0.3, 0.4) is 0 Å². The summed E-state index contributed by atoms with van der Waals surface area (Å²) in [5.74, 6) is -0.308. The molecular weight excluding hydrogens is 385 g/mol. The molecule has 30 heavy (non-hydrogen) atoms. The number of aliphatic hydroxyl groups excluding tert-OH is 1. The van der Waals surface area contributed by atoms with E-state index in [-0.39, 0.29) is 23.2 Å². The Morgan fingerprint density at radius 3 is 2.60 bits per heavy atom. The second-order valence-corrected chi connectivity index (χ2v) is 10.9. The fourth-order valence-corrected chi connectivity index (χ4v) is 7.00. The predicted octanol–water partition coefficient (Wildman–Crippen LogP) is 3.46. The predicted molar refractivity (Wildman–Crippen MR) is 112 cm³/mol. The number of methoxy groups -OCH3 is 1. The molecule has 164 valence electrons. The van der Waals surface area contributed by atoms with Gasteiger partial charge < -0.3 is 19.9 Å². The van der Waals surface area contributed by atoms with E-state index in [1.54, 1.807) is 6.20 Å². The molecule has 3 N–H and O–H groups in total. The van der Waals surface area contributed by atoms with Gasteiger partial charge in [-0.15, -0.1) is 0 Å². The van der Waals surface area contributed by atoms with E-state index in [1.807, 2.05) is 13.8 Å². The average Bonchev–Trinajstić information content (AvgIpc) is 3.04. The van der Waals surface area contributed by atoms with Gasteiger partial charge in [0.2, 0.25) is 0 Å². The molecule has 2 saturated carbocycles. The summed E-state index contributed by atoms with van der Waals surface area (Å²) >= 11 is 0. The molecule has 4 heterocycles. The molecule has 4 aliphatic rings. The number of rotatable bonds is 5. The molecule has 2 aliphatic heterocycles. The lowest BCUT2D eigenvalue weighted by atomic mass is 9.54. The van der Waals surface area contributed by atoms with Crippen LogP contribution in [0.2, 0.25) is 0 Å². The zero-order valence-electron chi connectivity index (χ0n) is 18.2. The number of nitrogens with zero attached hydrogens (tertiary/aromatic N) is 2. The average molecular weight is 418 g/mol. The number of piperidine rings is 2. The molecule has 0 aromatic carbocycles. The SMILES string of the molecule is COc1cnc2[nH]cc(C(C)(C)CC(O)N3C4CC5(C)CC3CC(O)(C4)C5)c2c1F. The van der Waals surface area contributed by atoms with Gasteiger partial charge in [0.25, 0.3) is 0 Å². The first-order valence-corrected chi connectivity index (χ1v) is 10.9. The van der Waals surface area contributed by atoms with Crippen molar-refractivity contribution in [2.75, 3.05) is 7.11 Å². The molecule has 2 aliphatic carbocycles. The Morgan fingerprint density at radius 2 is 2.00 bits per heavy atom. The summed E-state index contributed by atoms with van der Waals surface area (Å²) in [6.07, 6.45) is 7.39. The molecule has 4 fully saturated rings. The number of hydrogen-bond donors (Lipinski definition) is 3. The van der Waals surface area contributed by atoms with E-state index < -0.39 is 23.1 Å². The molecule has 6 rings (SSSR count). The van der Waals surface area contributed by atoms with Crippen LogP contribution in [0.4, 0.5) is 4.39 Å². The third-order valence-electron chi connectivity index (χ3n) is 7.88. The van der Waals surface area contributed by atoms with Gasteiger partial charge in [0.15, 0.2) is 11.6 Å². The molecule has 2 aromatic heterocycles. The van der Waals surface area contributed by atoms with Gasteiger partial charge in [-0.1, -0.05) is 20.8 Å². The summed E-state index contributed by atoms with van der Waals surface area (Å²) in [7, 11) is 1.43. The molecular formula is C23H32FN3O3. The van der Waals surface area contributed by atoms with Crippen molar-refractivity contribution in [2.24, 2.45) is 5.41 Å². The maximum atomic E-state index is 15.0. The largest absolute Gasteiger partial charge is 0.492 e. The first kappa shape index (κ1) is 20.2. The van der Waals surface area contributed by atoms with Gasteiger partial charge in [0.1, 0.15) is 11.9 Å². The number of hydrogen-bond acceptors (Lipinski definition) is 5. The second-order valence-electron chi connectivity index (χ2n) is 10.9. The Morgan fingerprint density at radius 1 is 1.33 bits per heavy atom. The number of fused-ring (bicyclic) bond motifs is 1. The van der Waals surface area contributed by atoms with Crippen LogP contribution in [-0.4, -0.2) is 56.1 Å². The Hall–Kier alpha value is -1.70. The normalized spacial score (nSPS) is 34.6. The molecule has 0 spiro atoms. The highest BCUT2D eigenvalue weighted by molar-refractivity contribution is 5.83. The van der Waals surface area contributed by atoms with E-state index in [1.165, 1.54) is 13.3 Å². The van der Waals surface area contributed by atoms with Crippen LogP contribution in [0.5, 0.6) is 5.75 Å². The minimum absolute atomic E-state index is 0.117. The van der Waals surface area contributed by atoms with Gasteiger partial charge in [-0.3, -0.25) is 4.90 Å². The summed E-state index contributed by atoms with van der Waals surface area (Å²) in [5.41, 5.74) is 0.386. The van der Waals surface area contributed by atoms with Gasteiger partial charge >= 0.3 is 0 Å². The summed E-state index contributed by atoms with van der Waals surface area (Å²) in [6.45, 7) is 6.34. The zero-order chi connectivity index (χ0) is 21.5. The first-order chi connectivity index (χ1) is 14.0. The number of nitrogens with one attached hydrogen (secondary N) is 1.